The molecule has 3 rings (SSSR count). The number of fused-ring (bicyclic) bond motifs is 1. The molecule has 4 N–H and O–H groups in total. The number of benzene rings is 1. The predicted molar refractivity (Wildman–Crippen MR) is 116 cm³/mol. The van der Waals surface area contributed by atoms with E-state index >= 15 is 0 Å². The molecule has 8 heteroatoms. The van der Waals surface area contributed by atoms with Crippen LogP contribution in [0.1, 0.15) is 44.5 Å². The third kappa shape index (κ3) is 3.97. The Balaban J connectivity index is 1.87. The maximum Gasteiger partial charge on any atom is 0.144 e. The van der Waals surface area contributed by atoms with Crippen LogP contribution in [0, 0.1) is 10.8 Å². The molecule has 28 heavy (non-hydrogen) atoms. The fourth-order valence-electron chi connectivity index (χ4n) is 2.92. The molecule has 1 aliphatic heterocycles. The molecule has 6 nitrogen and oxygen atoms in total. The normalized spacial score (nSPS) is 15.4. The summed E-state index contributed by atoms with van der Waals surface area (Å²) in [7, 11) is 0. The number of thioether (sulfide) groups is 1. The molecule has 2 heterocycles. The van der Waals surface area contributed by atoms with Crippen molar-refractivity contribution in [3.63, 3.8) is 0 Å². The van der Waals surface area contributed by atoms with E-state index in [9.17, 15) is 5.11 Å². The number of rotatable bonds is 5. The van der Waals surface area contributed by atoms with Crippen LogP contribution in [0.3, 0.4) is 0 Å². The van der Waals surface area contributed by atoms with Gasteiger partial charge in [-0.3, -0.25) is 5.41 Å². The van der Waals surface area contributed by atoms with E-state index in [1.165, 1.54) is 18.1 Å². The molecule has 0 unspecified atom stereocenters. The molecule has 146 valence electrons. The Kier molecular flexibility index (Phi) is 5.61. The summed E-state index contributed by atoms with van der Waals surface area (Å²) >= 11 is 7.62. The number of anilines is 1. The van der Waals surface area contributed by atoms with Gasteiger partial charge in [-0.25, -0.2) is 9.97 Å². The average molecular weight is 416 g/mol. The van der Waals surface area contributed by atoms with E-state index in [0.717, 1.165) is 16.0 Å². The van der Waals surface area contributed by atoms with Gasteiger partial charge in [0, 0.05) is 28.4 Å². The Hall–Kier alpha value is -2.22. The summed E-state index contributed by atoms with van der Waals surface area (Å²) in [4.78, 5) is 9.47. The minimum atomic E-state index is -0.999. The van der Waals surface area contributed by atoms with Gasteiger partial charge in [-0.2, -0.15) is 0 Å². The van der Waals surface area contributed by atoms with Gasteiger partial charge in [0.2, 0.25) is 0 Å². The Morgan fingerprint density at radius 1 is 1.29 bits per heavy atom. The second-order valence-electron chi connectivity index (χ2n) is 7.18. The van der Waals surface area contributed by atoms with Crippen LogP contribution in [0.2, 0.25) is 5.02 Å². The molecule has 1 aromatic carbocycles. The van der Waals surface area contributed by atoms with Gasteiger partial charge in [-0.05, 0) is 44.9 Å². The molecule has 2 aromatic rings. The molecule has 0 atom stereocenters. The molecule has 0 fully saturated rings. The second kappa shape index (κ2) is 7.66. The lowest BCUT2D eigenvalue weighted by Crippen LogP contribution is -2.16. The average Bonchev–Trinajstić information content (AvgIpc) is 2.94. The number of aliphatic hydroxyl groups is 1. The van der Waals surface area contributed by atoms with Crippen LogP contribution in [0.4, 0.5) is 5.82 Å². The highest BCUT2D eigenvalue weighted by molar-refractivity contribution is 8.15. The molecular weight excluding hydrogens is 394 g/mol. The molecular formula is C20H22ClN5OS. The monoisotopic (exact) mass is 415 g/mol. The minimum absolute atomic E-state index is 0.375. The lowest BCUT2D eigenvalue weighted by Gasteiger charge is -2.20. The van der Waals surface area contributed by atoms with Gasteiger partial charge in [0.15, 0.2) is 0 Å². The van der Waals surface area contributed by atoms with E-state index in [1.54, 1.807) is 20.8 Å². The van der Waals surface area contributed by atoms with Gasteiger partial charge in [0.25, 0.3) is 0 Å². The van der Waals surface area contributed by atoms with Crippen LogP contribution in [0.5, 0.6) is 0 Å². The molecule has 0 saturated carbocycles. The van der Waals surface area contributed by atoms with Gasteiger partial charge >= 0.3 is 0 Å². The Morgan fingerprint density at radius 3 is 2.61 bits per heavy atom. The Bertz CT molecular complexity index is 1010. The summed E-state index contributed by atoms with van der Waals surface area (Å²) in [5.74, 6) is 0.646. The van der Waals surface area contributed by atoms with Gasteiger partial charge in [0.1, 0.15) is 17.2 Å². The fourth-order valence-corrected chi connectivity index (χ4v) is 4.38. The minimum Gasteiger partial charge on any atom is -0.386 e. The van der Waals surface area contributed by atoms with Crippen LogP contribution in [-0.4, -0.2) is 25.8 Å². The second-order valence-corrected chi connectivity index (χ2v) is 8.61. The van der Waals surface area contributed by atoms with Crippen molar-refractivity contribution >= 4 is 45.5 Å². The first kappa shape index (κ1) is 20.5. The van der Waals surface area contributed by atoms with E-state index in [0.29, 0.717) is 45.0 Å². The van der Waals surface area contributed by atoms with Gasteiger partial charge < -0.3 is 15.8 Å². The highest BCUT2D eigenvalue weighted by Gasteiger charge is 2.29. The van der Waals surface area contributed by atoms with Crippen LogP contribution in [0.15, 0.2) is 35.0 Å². The van der Waals surface area contributed by atoms with Crippen molar-refractivity contribution in [3.05, 3.63) is 51.9 Å². The van der Waals surface area contributed by atoms with E-state index < -0.39 is 5.60 Å². The van der Waals surface area contributed by atoms with Gasteiger partial charge in [-0.15, -0.1) is 0 Å². The number of nitrogens with one attached hydrogen (secondary N) is 3. The van der Waals surface area contributed by atoms with Gasteiger partial charge in [0.05, 0.1) is 16.2 Å². The zero-order valence-electron chi connectivity index (χ0n) is 16.1. The quantitative estimate of drug-likeness (QED) is 0.521. The van der Waals surface area contributed by atoms with Crippen molar-refractivity contribution < 1.29 is 5.11 Å². The molecule has 0 radical (unpaired) electrons. The molecule has 0 saturated heterocycles. The van der Waals surface area contributed by atoms with Crippen molar-refractivity contribution in [1.29, 1.82) is 10.8 Å². The number of hydrogen-bond donors (Lipinski definition) is 4. The number of allylic oxidation sites excluding steroid dienone is 1. The van der Waals surface area contributed by atoms with Crippen LogP contribution in [-0.2, 0) is 12.1 Å². The molecule has 0 spiro atoms. The topological polar surface area (TPSA) is 106 Å². The fraction of sp³-hybridized carbons (Fsp3) is 0.300. The maximum absolute atomic E-state index is 10.1. The zero-order chi connectivity index (χ0) is 20.6. The van der Waals surface area contributed by atoms with E-state index in [4.69, 9.17) is 22.4 Å². The summed E-state index contributed by atoms with van der Waals surface area (Å²) < 4.78 is 0. The number of halogens is 1. The van der Waals surface area contributed by atoms with E-state index in [1.807, 2.05) is 25.1 Å². The predicted octanol–water partition coefficient (Wildman–Crippen LogP) is 4.87. The standard InChI is InChI=1S/C20H22ClN5OS/c1-10(11(2)22)15-16-17(28-18(15)23)19(26-9-25-16)24-8-12-5-6-13(14(21)7-12)20(3,4)27/h5-7,9,22-23,27H,8H2,1-4H3,(H,24,25,26)/b15-10-,22-11?,23-18?. The van der Waals surface area contributed by atoms with Crippen molar-refractivity contribution in [1.82, 2.24) is 9.97 Å². The summed E-state index contributed by atoms with van der Waals surface area (Å²) in [6.45, 7) is 7.44. The van der Waals surface area contributed by atoms with Crippen LogP contribution < -0.4 is 5.32 Å². The molecule has 0 bridgehead atoms. The van der Waals surface area contributed by atoms with Crippen LogP contribution in [0.25, 0.3) is 5.57 Å². The maximum atomic E-state index is 10.1. The third-order valence-corrected chi connectivity index (χ3v) is 5.87. The SMILES string of the molecule is CC(=N)/C(C)=C1\C(=N)Sc2c(NCc3ccc(C(C)(C)O)c(Cl)c3)ncnc21. The summed E-state index contributed by atoms with van der Waals surface area (Å²) in [6.07, 6.45) is 1.47. The number of nitrogens with zero attached hydrogens (tertiary/aromatic N) is 2. The highest BCUT2D eigenvalue weighted by atomic mass is 35.5. The largest absolute Gasteiger partial charge is 0.386 e. The smallest absolute Gasteiger partial charge is 0.144 e. The lowest BCUT2D eigenvalue weighted by atomic mass is 9.97. The first-order valence-corrected chi connectivity index (χ1v) is 9.92. The molecule has 0 amide bonds. The van der Waals surface area contributed by atoms with Gasteiger partial charge in [-0.1, -0.05) is 35.5 Å². The number of hydrogen-bond acceptors (Lipinski definition) is 7. The van der Waals surface area contributed by atoms with Crippen LogP contribution >= 0.6 is 23.4 Å². The lowest BCUT2D eigenvalue weighted by molar-refractivity contribution is 0.0787. The first-order valence-electron chi connectivity index (χ1n) is 8.73. The molecule has 1 aromatic heterocycles. The summed E-state index contributed by atoms with van der Waals surface area (Å²) in [5, 5.41) is 30.5. The highest BCUT2D eigenvalue weighted by Crippen LogP contribution is 2.44. The van der Waals surface area contributed by atoms with Crippen molar-refractivity contribution in [2.24, 2.45) is 0 Å². The van der Waals surface area contributed by atoms with E-state index in [2.05, 4.69) is 15.3 Å². The van der Waals surface area contributed by atoms with Crippen molar-refractivity contribution in [2.75, 3.05) is 5.32 Å². The first-order chi connectivity index (χ1) is 13.1. The third-order valence-electron chi connectivity index (χ3n) is 4.56. The van der Waals surface area contributed by atoms with E-state index in [-0.39, 0.29) is 0 Å². The van der Waals surface area contributed by atoms with Crippen molar-refractivity contribution in [2.45, 2.75) is 44.7 Å². The summed E-state index contributed by atoms with van der Waals surface area (Å²) in [5.41, 5.74) is 3.17. The summed E-state index contributed by atoms with van der Waals surface area (Å²) in [6, 6.07) is 5.56. The number of aromatic nitrogens is 2. The molecule has 1 aliphatic rings. The van der Waals surface area contributed by atoms with Crippen molar-refractivity contribution in [3.8, 4) is 0 Å². The zero-order valence-corrected chi connectivity index (χ0v) is 17.7. The Morgan fingerprint density at radius 2 is 2.00 bits per heavy atom. The molecule has 0 aliphatic carbocycles. The Labute approximate surface area is 173 Å².